The van der Waals surface area contributed by atoms with Crippen LogP contribution in [0, 0.1) is 13.8 Å². The van der Waals surface area contributed by atoms with Crippen LogP contribution in [0.5, 0.6) is 11.5 Å². The second-order valence-corrected chi connectivity index (χ2v) is 13.4. The van der Waals surface area contributed by atoms with Crippen LogP contribution in [0.25, 0.3) is 0 Å². The molecule has 0 aliphatic heterocycles. The van der Waals surface area contributed by atoms with Gasteiger partial charge < -0.3 is 29.9 Å². The molecule has 2 unspecified atom stereocenters. The van der Waals surface area contributed by atoms with E-state index in [0.29, 0.717) is 12.8 Å². The Labute approximate surface area is 250 Å². The summed E-state index contributed by atoms with van der Waals surface area (Å²) in [6.07, 6.45) is -0.350. The van der Waals surface area contributed by atoms with Crippen molar-refractivity contribution in [3.8, 4) is 11.5 Å². The molecule has 0 saturated heterocycles. The third kappa shape index (κ3) is 11.0. The Morgan fingerprint density at radius 3 is 1.31 bits per heavy atom. The number of aliphatic hydroxyl groups excluding tert-OH is 2. The second kappa shape index (κ2) is 14.9. The molecule has 2 aromatic carbocycles. The van der Waals surface area contributed by atoms with Crippen molar-refractivity contribution >= 4 is 11.9 Å². The zero-order valence-electron chi connectivity index (χ0n) is 26.5. The lowest BCUT2D eigenvalue weighted by Gasteiger charge is -2.22. The molecule has 8 heteroatoms. The van der Waals surface area contributed by atoms with Crippen molar-refractivity contribution in [3.63, 3.8) is 0 Å². The summed E-state index contributed by atoms with van der Waals surface area (Å²) in [5.74, 6) is -0.337. The van der Waals surface area contributed by atoms with Gasteiger partial charge in [-0.1, -0.05) is 65.8 Å². The fourth-order valence-electron chi connectivity index (χ4n) is 4.71. The minimum atomic E-state index is -0.947. The van der Waals surface area contributed by atoms with Gasteiger partial charge in [-0.25, -0.2) is 0 Å². The van der Waals surface area contributed by atoms with E-state index >= 15 is 0 Å². The lowest BCUT2D eigenvalue weighted by molar-refractivity contribution is -0.148. The first-order valence-corrected chi connectivity index (χ1v) is 14.7. The largest absolute Gasteiger partial charge is 0.507 e. The predicted molar refractivity (Wildman–Crippen MR) is 163 cm³/mol. The molecule has 0 amide bonds. The van der Waals surface area contributed by atoms with Gasteiger partial charge in [-0.15, -0.1) is 0 Å². The first-order chi connectivity index (χ1) is 19.4. The molecule has 0 spiro atoms. The molecule has 0 saturated carbocycles. The van der Waals surface area contributed by atoms with Gasteiger partial charge in [0.1, 0.15) is 24.7 Å². The number of rotatable bonds is 13. The quantitative estimate of drug-likeness (QED) is 0.227. The number of hydrogen-bond donors (Lipinski definition) is 4. The van der Waals surface area contributed by atoms with E-state index in [1.165, 1.54) is 0 Å². The average Bonchev–Trinajstić information content (AvgIpc) is 2.89. The summed E-state index contributed by atoms with van der Waals surface area (Å²) in [5, 5.41) is 41.1. The van der Waals surface area contributed by atoms with Gasteiger partial charge in [0.15, 0.2) is 0 Å². The van der Waals surface area contributed by atoms with E-state index in [1.807, 2.05) is 79.7 Å². The summed E-state index contributed by atoms with van der Waals surface area (Å²) in [5.41, 5.74) is 4.56. The molecule has 8 nitrogen and oxygen atoms in total. The fourth-order valence-corrected chi connectivity index (χ4v) is 4.71. The van der Waals surface area contributed by atoms with E-state index in [1.54, 1.807) is 0 Å². The number of aliphatic hydroxyl groups is 2. The summed E-state index contributed by atoms with van der Waals surface area (Å²) < 4.78 is 10.4. The number of ether oxygens (including phenoxy) is 2. The van der Waals surface area contributed by atoms with Gasteiger partial charge in [0.25, 0.3) is 0 Å². The van der Waals surface area contributed by atoms with Gasteiger partial charge in [-0.05, 0) is 83.7 Å². The lowest BCUT2D eigenvalue weighted by Crippen LogP contribution is -2.24. The number of esters is 2. The molecule has 0 aromatic heterocycles. The van der Waals surface area contributed by atoms with E-state index in [0.717, 1.165) is 33.4 Å². The van der Waals surface area contributed by atoms with Crippen LogP contribution in [0.2, 0.25) is 0 Å². The Morgan fingerprint density at radius 2 is 1.00 bits per heavy atom. The van der Waals surface area contributed by atoms with Gasteiger partial charge in [0, 0.05) is 12.8 Å². The molecule has 0 aliphatic carbocycles. The lowest BCUT2D eigenvalue weighted by atomic mass is 9.83. The minimum Gasteiger partial charge on any atom is -0.507 e. The summed E-state index contributed by atoms with van der Waals surface area (Å²) in [7, 11) is 0. The number of aryl methyl sites for hydroxylation is 4. The van der Waals surface area contributed by atoms with E-state index < -0.39 is 24.1 Å². The number of carbonyl (C=O) groups excluding carboxylic acids is 2. The molecule has 0 aliphatic rings. The maximum absolute atomic E-state index is 12.2. The molecule has 0 radical (unpaired) electrons. The third-order valence-corrected chi connectivity index (χ3v) is 7.28. The Balaban J connectivity index is 1.69. The van der Waals surface area contributed by atoms with Crippen LogP contribution < -0.4 is 0 Å². The van der Waals surface area contributed by atoms with Crippen LogP contribution in [0.15, 0.2) is 24.3 Å². The highest BCUT2D eigenvalue weighted by molar-refractivity contribution is 5.70. The molecule has 2 atom stereocenters. The number of phenols is 2. The van der Waals surface area contributed by atoms with Gasteiger partial charge >= 0.3 is 11.9 Å². The summed E-state index contributed by atoms with van der Waals surface area (Å²) >= 11 is 0. The minimum absolute atomic E-state index is 0.139. The van der Waals surface area contributed by atoms with Crippen molar-refractivity contribution in [2.75, 3.05) is 13.2 Å². The fraction of sp³-hybridized carbons (Fsp3) is 0.588. The topological polar surface area (TPSA) is 134 Å². The summed E-state index contributed by atoms with van der Waals surface area (Å²) in [4.78, 5) is 24.5. The highest BCUT2D eigenvalue weighted by Gasteiger charge is 2.22. The normalized spacial score (nSPS) is 13.5. The van der Waals surface area contributed by atoms with Crippen molar-refractivity contribution in [1.82, 2.24) is 0 Å². The molecule has 0 fully saturated rings. The monoisotopic (exact) mass is 586 g/mol. The van der Waals surface area contributed by atoms with Gasteiger partial charge in [-0.2, -0.15) is 0 Å². The van der Waals surface area contributed by atoms with Gasteiger partial charge in [0.05, 0.1) is 12.2 Å². The molecule has 2 aromatic rings. The Kier molecular flexibility index (Phi) is 12.4. The Hall–Kier alpha value is -3.10. The average molecular weight is 587 g/mol. The molecule has 2 rings (SSSR count). The van der Waals surface area contributed by atoms with Crippen molar-refractivity contribution in [2.45, 2.75) is 117 Å². The standard InChI is InChI=1S/C34H50O8/c1-21-15-23(17-27(31(21)39)33(3,4)5)9-13-29(37)41-19-25(35)11-12-26(36)20-42-30(38)14-10-24-16-22(2)32(40)28(18-24)34(6,7)8/h15-18,25-26,35-36,39-40H,9-14,19-20H2,1-8H3. The van der Waals surface area contributed by atoms with E-state index in [9.17, 15) is 30.0 Å². The predicted octanol–water partition coefficient (Wildman–Crippen LogP) is 5.46. The van der Waals surface area contributed by atoms with Gasteiger partial charge in [0.2, 0.25) is 0 Å². The number of hydrogen-bond acceptors (Lipinski definition) is 8. The second-order valence-electron chi connectivity index (χ2n) is 13.4. The maximum atomic E-state index is 12.2. The highest BCUT2D eigenvalue weighted by atomic mass is 16.5. The summed E-state index contributed by atoms with van der Waals surface area (Å²) in [6, 6.07) is 7.54. The van der Waals surface area contributed by atoms with E-state index in [2.05, 4.69) is 0 Å². The third-order valence-electron chi connectivity index (χ3n) is 7.28. The van der Waals surface area contributed by atoms with Crippen LogP contribution in [-0.2, 0) is 42.7 Å². The van der Waals surface area contributed by atoms with Crippen molar-refractivity contribution in [1.29, 1.82) is 0 Å². The highest BCUT2D eigenvalue weighted by Crippen LogP contribution is 2.35. The van der Waals surface area contributed by atoms with Crippen LogP contribution >= 0.6 is 0 Å². The Morgan fingerprint density at radius 1 is 0.667 bits per heavy atom. The van der Waals surface area contributed by atoms with Crippen molar-refractivity contribution in [3.05, 3.63) is 57.6 Å². The summed E-state index contributed by atoms with van der Waals surface area (Å²) in [6.45, 7) is 15.4. The number of phenolic OH excluding ortho intramolecular Hbond substituents is 2. The molecule has 0 bridgehead atoms. The number of benzene rings is 2. The van der Waals surface area contributed by atoms with Crippen LogP contribution in [-0.4, -0.2) is 57.8 Å². The zero-order valence-corrected chi connectivity index (χ0v) is 26.5. The number of carbonyl (C=O) groups is 2. The molecule has 4 N–H and O–H groups in total. The van der Waals surface area contributed by atoms with E-state index in [-0.39, 0.29) is 61.2 Å². The SMILES string of the molecule is Cc1cc(CCC(=O)OCC(O)CCC(O)COC(=O)CCc2cc(C)c(O)c(C(C)(C)C)c2)cc(C(C)(C)C)c1O. The Bertz CT molecular complexity index is 1120. The smallest absolute Gasteiger partial charge is 0.306 e. The van der Waals surface area contributed by atoms with Crippen molar-refractivity contribution in [2.24, 2.45) is 0 Å². The maximum Gasteiger partial charge on any atom is 0.306 e. The molecular weight excluding hydrogens is 536 g/mol. The van der Waals surface area contributed by atoms with Crippen LogP contribution in [0.4, 0.5) is 0 Å². The van der Waals surface area contributed by atoms with Crippen LogP contribution in [0.1, 0.15) is 101 Å². The van der Waals surface area contributed by atoms with Gasteiger partial charge in [-0.3, -0.25) is 9.59 Å². The molecule has 42 heavy (non-hydrogen) atoms. The first-order valence-electron chi connectivity index (χ1n) is 14.7. The van der Waals surface area contributed by atoms with Crippen LogP contribution in [0.3, 0.4) is 0 Å². The molecule has 234 valence electrons. The first kappa shape index (κ1) is 35.1. The van der Waals surface area contributed by atoms with E-state index in [4.69, 9.17) is 9.47 Å². The zero-order chi connectivity index (χ0) is 31.8. The van der Waals surface area contributed by atoms with Crippen molar-refractivity contribution < 1.29 is 39.5 Å². The molecule has 0 heterocycles. The number of aromatic hydroxyl groups is 2. The molecular formula is C34H50O8.